The normalized spacial score (nSPS) is 17.2. The van der Waals surface area contributed by atoms with E-state index in [1.54, 1.807) is 61.2 Å². The Morgan fingerprint density at radius 1 is 0.271 bits per heavy atom. The molecule has 6 aliphatic heterocycles. The molecule has 0 saturated carbocycles. The molecule has 0 aromatic carbocycles. The highest BCUT2D eigenvalue weighted by Crippen LogP contribution is 2.29. The predicted octanol–water partition coefficient (Wildman–Crippen LogP) is 17.1. The van der Waals surface area contributed by atoms with Crippen molar-refractivity contribution in [3.05, 3.63) is 293 Å². The third-order valence-electron chi connectivity index (χ3n) is 23.1. The van der Waals surface area contributed by atoms with Crippen LogP contribution in [0.5, 0.6) is 34.5 Å². The van der Waals surface area contributed by atoms with Crippen LogP contribution in [0.3, 0.4) is 0 Å². The molecule has 0 amide bonds. The van der Waals surface area contributed by atoms with E-state index in [0.29, 0.717) is 144 Å². The van der Waals surface area contributed by atoms with Gasteiger partial charge < -0.3 is 56.8 Å². The van der Waals surface area contributed by atoms with Gasteiger partial charge in [0.05, 0.1) is 118 Å². The molecule has 0 spiro atoms. The second-order valence-electron chi connectivity index (χ2n) is 35.9. The number of rotatable bonds is 36. The lowest BCUT2D eigenvalue weighted by molar-refractivity contribution is 0.0978. The summed E-state index contributed by atoms with van der Waals surface area (Å²) < 4.78 is 67.1. The third kappa shape index (κ3) is 35.6. The lowest BCUT2D eigenvalue weighted by Gasteiger charge is -2.12. The number of aryl methyl sites for hydroxylation is 10. The van der Waals surface area contributed by atoms with E-state index in [0.717, 1.165) is 207 Å². The van der Waals surface area contributed by atoms with Gasteiger partial charge in [-0.2, -0.15) is 0 Å². The molecule has 18 heterocycles. The Morgan fingerprint density at radius 3 is 0.686 bits per heavy atom. The number of pyridine rings is 10. The summed E-state index contributed by atoms with van der Waals surface area (Å²) in [6.07, 6.45) is 14.6. The SMILES string of the molecule is Cc1cc(OC[C@@H]2CCOC2)cc(C(=O)Cc2ccccn2)n1.Cc1cc(OC[C@@H]2CCOC2)cc(C(=O)Cc2nc(C)cs2)n1.Cc1cc(OC[C@H]2CCOC2)cc(C(=O)Cc2ccccn2)n1.Cc1cc(OC[C@H]2CCOC2)cc(C(=O)Cc2nc(C)cs2)n1.Cc1ccc(CC(=O)c2cc(OC[C@@H]3CCOC3)cc(C)n2)nc1.Cc1ccc(CC(=O)c2cc(OC[C@H]3CCOC3)cc(C)n2)nc1. The van der Waals surface area contributed by atoms with E-state index < -0.39 is 0 Å². The maximum absolute atomic E-state index is 12.5. The Balaban J connectivity index is 0.000000141. The van der Waals surface area contributed by atoms with Crippen molar-refractivity contribution in [3.8, 4) is 34.5 Å². The molecule has 6 fully saturated rings. The minimum atomic E-state index is -0.0542. The zero-order chi connectivity index (χ0) is 98.5. The molecule has 12 aromatic heterocycles. The van der Waals surface area contributed by atoms with Crippen molar-refractivity contribution < 1.29 is 85.6 Å². The number of ether oxygens (including phenoxy) is 12. The number of aromatic nitrogens is 12. The van der Waals surface area contributed by atoms with E-state index in [1.165, 1.54) is 22.7 Å². The number of ketones is 6. The Morgan fingerprint density at radius 2 is 0.500 bits per heavy atom. The van der Waals surface area contributed by atoms with E-state index in [1.807, 2.05) is 177 Å². The van der Waals surface area contributed by atoms with E-state index in [-0.39, 0.29) is 73.2 Å². The first-order valence-electron chi connectivity index (χ1n) is 47.6. The largest absolute Gasteiger partial charge is 0.493 e. The fourth-order valence-corrected chi connectivity index (χ4v) is 16.9. The fraction of sp³-hybridized carbons (Fsp3) is 0.426. The molecule has 12 aromatic rings. The van der Waals surface area contributed by atoms with Crippen LogP contribution in [0.1, 0.15) is 191 Å². The minimum Gasteiger partial charge on any atom is -0.493 e. The number of carbonyl (C=O) groups is 6. The molecular weight excluding hydrogens is 1820 g/mol. The van der Waals surface area contributed by atoms with Crippen LogP contribution in [0.2, 0.25) is 0 Å². The Kier molecular flexibility index (Phi) is 40.5. The number of nitrogens with zero attached hydrogens (tertiary/aromatic N) is 12. The number of hydrogen-bond donors (Lipinski definition) is 0. The highest BCUT2D eigenvalue weighted by molar-refractivity contribution is 7.10. The van der Waals surface area contributed by atoms with E-state index in [2.05, 4.69) is 59.8 Å². The lowest BCUT2D eigenvalue weighted by atomic mass is 10.1. The summed E-state index contributed by atoms with van der Waals surface area (Å²) in [7, 11) is 0. The summed E-state index contributed by atoms with van der Waals surface area (Å²) in [6.45, 7) is 32.0. The summed E-state index contributed by atoms with van der Waals surface area (Å²) in [5.41, 5.74) is 14.3. The second-order valence-corrected chi connectivity index (χ2v) is 37.8. The Hall–Kier alpha value is -12.7. The van der Waals surface area contributed by atoms with Gasteiger partial charge in [0.25, 0.3) is 0 Å². The van der Waals surface area contributed by atoms with Crippen LogP contribution in [0.25, 0.3) is 0 Å². The molecule has 0 N–H and O–H groups in total. The molecule has 6 aliphatic rings. The van der Waals surface area contributed by atoms with Crippen LogP contribution in [0.4, 0.5) is 0 Å². The summed E-state index contributed by atoms with van der Waals surface area (Å²) in [5.74, 6) is 6.45. The van der Waals surface area contributed by atoms with E-state index in [9.17, 15) is 28.8 Å². The maximum atomic E-state index is 12.5. The standard InChI is InChI=1S/2C19H22N2O3.2C18H20N2O3.2C17H20N2O3S/c2*1-13-3-4-16(20-10-13)8-19(22)18-9-17(7-14(2)21-18)24-12-15-5-6-23-11-15;2*1-13-8-16(23-12-14-5-7-22-11-14)10-17(20-13)18(21)9-15-4-2-3-6-19-15;2*1-11-5-14(22-9-13-3-4-21-8-13)6-15(18-11)16(20)7-17-19-12(2)10-23-17/h2*3-4,7,9-10,15H,5-6,8,11-12H2,1-2H3;2*2-4,6,8,10,14H,5,7,9,11-12H2,1H3;2*5-6,10,13H,3-4,7-9H2,1-2H3/t2*15-;2*14-;2*13-/m101010/s1. The van der Waals surface area contributed by atoms with Gasteiger partial charge in [-0.15, -0.1) is 22.7 Å². The second kappa shape index (κ2) is 54.2. The van der Waals surface area contributed by atoms with Crippen LogP contribution in [-0.2, 0) is 66.9 Å². The molecule has 0 unspecified atom stereocenters. The third-order valence-corrected chi connectivity index (χ3v) is 25.0. The van der Waals surface area contributed by atoms with E-state index in [4.69, 9.17) is 56.8 Å². The van der Waals surface area contributed by atoms with E-state index >= 15 is 0 Å². The first-order chi connectivity index (χ1) is 67.8. The highest BCUT2D eigenvalue weighted by Gasteiger charge is 2.26. The van der Waals surface area contributed by atoms with Crippen molar-refractivity contribution in [1.29, 1.82) is 0 Å². The number of thiazole rings is 2. The molecule has 6 atom stereocenters. The average Bonchev–Trinajstić information content (AvgIpc) is 1.72. The van der Waals surface area contributed by atoms with Crippen molar-refractivity contribution in [1.82, 2.24) is 59.8 Å². The van der Waals surface area contributed by atoms with Crippen LogP contribution in [-0.4, -0.2) is 213 Å². The molecule has 0 radical (unpaired) electrons. The number of Topliss-reactive ketones (excluding diaryl/α,β-unsaturated/α-hetero) is 6. The van der Waals surface area contributed by atoms with Gasteiger partial charge >= 0.3 is 0 Å². The minimum absolute atomic E-state index is 0.0305. The van der Waals surface area contributed by atoms with Gasteiger partial charge in [0.2, 0.25) is 0 Å². The molecule has 6 saturated heterocycles. The molecule has 140 heavy (non-hydrogen) atoms. The molecular formula is C108H124N12O18S2. The van der Waals surface area contributed by atoms with Crippen molar-refractivity contribution in [2.45, 2.75) is 146 Å². The van der Waals surface area contributed by atoms with Crippen LogP contribution < -0.4 is 28.4 Å². The van der Waals surface area contributed by atoms with Gasteiger partial charge in [-0.25, -0.2) is 39.9 Å². The predicted molar refractivity (Wildman–Crippen MR) is 529 cm³/mol. The lowest BCUT2D eigenvalue weighted by Crippen LogP contribution is -2.13. The summed E-state index contributed by atoms with van der Waals surface area (Å²) in [4.78, 5) is 126. The number of hydrogen-bond acceptors (Lipinski definition) is 32. The van der Waals surface area contributed by atoms with Crippen LogP contribution in [0, 0.1) is 105 Å². The quantitative estimate of drug-likeness (QED) is 0.0329. The fourth-order valence-electron chi connectivity index (χ4n) is 15.4. The maximum Gasteiger partial charge on any atom is 0.188 e. The molecule has 0 aliphatic carbocycles. The van der Waals surface area contributed by atoms with Gasteiger partial charge in [0, 0.05) is 252 Å². The molecule has 18 rings (SSSR count). The van der Waals surface area contributed by atoms with Crippen LogP contribution in [0.15, 0.2) is 169 Å². The van der Waals surface area contributed by atoms with Gasteiger partial charge in [-0.3, -0.25) is 48.7 Å². The zero-order valence-electron chi connectivity index (χ0n) is 81.4. The van der Waals surface area contributed by atoms with Crippen molar-refractivity contribution >= 4 is 57.4 Å². The topological polar surface area (TPSA) is 368 Å². The summed E-state index contributed by atoms with van der Waals surface area (Å²) in [5, 5.41) is 5.54. The summed E-state index contributed by atoms with van der Waals surface area (Å²) >= 11 is 3.01. The highest BCUT2D eigenvalue weighted by atomic mass is 32.1. The van der Waals surface area contributed by atoms with Gasteiger partial charge in [-0.1, -0.05) is 24.3 Å². The number of carbonyl (C=O) groups excluding carboxylic acids is 6. The van der Waals surface area contributed by atoms with Crippen molar-refractivity contribution in [2.24, 2.45) is 35.5 Å². The van der Waals surface area contributed by atoms with Crippen molar-refractivity contribution in [2.75, 3.05) is 119 Å². The Labute approximate surface area is 825 Å². The first-order valence-corrected chi connectivity index (χ1v) is 49.4. The average molecular weight is 1940 g/mol. The first kappa shape index (κ1) is 105. The molecule has 736 valence electrons. The molecule has 32 heteroatoms. The van der Waals surface area contributed by atoms with Crippen molar-refractivity contribution in [3.63, 3.8) is 0 Å². The van der Waals surface area contributed by atoms with Gasteiger partial charge in [0.1, 0.15) is 78.7 Å². The summed E-state index contributed by atoms with van der Waals surface area (Å²) in [6, 6.07) is 40.2. The molecule has 30 nitrogen and oxygen atoms in total. The van der Waals surface area contributed by atoms with Gasteiger partial charge in [-0.05, 0) is 155 Å². The smallest absolute Gasteiger partial charge is 0.188 e. The zero-order valence-corrected chi connectivity index (χ0v) is 83.0. The van der Waals surface area contributed by atoms with Gasteiger partial charge in [0.15, 0.2) is 34.7 Å². The van der Waals surface area contributed by atoms with Crippen LogP contribution >= 0.6 is 22.7 Å². The Bertz CT molecular complexity index is 5650. The molecule has 0 bridgehead atoms. The monoisotopic (exact) mass is 1940 g/mol.